The third kappa shape index (κ3) is 13.3. The van der Waals surface area contributed by atoms with Crippen LogP contribution in [0.25, 0.3) is 191 Å². The van der Waals surface area contributed by atoms with E-state index in [1.54, 1.807) is 0 Å². The van der Waals surface area contributed by atoms with Crippen LogP contribution in [0.4, 0.5) is 0 Å². The molecule has 0 radical (unpaired) electrons. The summed E-state index contributed by atoms with van der Waals surface area (Å²) in [6.45, 7) is 4.67. The molecule has 16 aromatic carbocycles. The third-order valence-electron chi connectivity index (χ3n) is 24.8. The molecule has 582 valence electrons. The van der Waals surface area contributed by atoms with Crippen molar-refractivity contribution >= 4 is 0 Å². The van der Waals surface area contributed by atoms with Crippen molar-refractivity contribution in [2.24, 2.45) is 0 Å². The van der Waals surface area contributed by atoms with E-state index in [2.05, 4.69) is 334 Å². The topological polar surface area (TPSA) is 103 Å². The van der Waals surface area contributed by atoms with Gasteiger partial charge in [0.05, 0.1) is 16.8 Å². The van der Waals surface area contributed by atoms with E-state index >= 15 is 0 Å². The molecule has 0 saturated carbocycles. The van der Waals surface area contributed by atoms with Gasteiger partial charge in [-0.25, -0.2) is 29.9 Å². The fraction of sp³-hybridized carbons (Fsp3) is 0.0345. The van der Waals surface area contributed by atoms with Crippen molar-refractivity contribution < 1.29 is 0 Å². The summed E-state index contributed by atoms with van der Waals surface area (Å²) in [5.74, 6) is 3.66. The molecular weight excluding hydrogens is 1510 g/mol. The van der Waals surface area contributed by atoms with Crippen LogP contribution in [0, 0.1) is 0 Å². The summed E-state index contributed by atoms with van der Waals surface area (Å²) in [5.41, 5.74) is 39.0. The molecule has 0 fully saturated rings. The lowest BCUT2D eigenvalue weighted by Crippen LogP contribution is -2.25. The van der Waals surface area contributed by atoms with Crippen molar-refractivity contribution in [2.45, 2.75) is 24.7 Å². The van der Waals surface area contributed by atoms with E-state index in [0.717, 1.165) is 94.8 Å². The average Bonchev–Trinajstić information content (AvgIpc) is 1.50. The number of benzene rings is 16. The molecular formula is C116H78N8. The summed E-state index contributed by atoms with van der Waals surface area (Å²) in [4.78, 5) is 39.4. The van der Waals surface area contributed by atoms with Crippen LogP contribution in [0.15, 0.2) is 437 Å². The minimum atomic E-state index is -0.381. The van der Waals surface area contributed by atoms with E-state index in [9.17, 15) is 0 Å². The van der Waals surface area contributed by atoms with Gasteiger partial charge in [0.25, 0.3) is 0 Å². The SMILES string of the molecule is CC1(C)c2ccccc2-c2c(-c3cccc(-c4cccc(-c5cccc(-c6nc(-c7ccccc7)nc(-c7ccc(-c8ccccc8)nc7)n6)c5)c4)c3)cccc21.c1ccc(-c2nc(-c3ccc(-c4ccccn4)cc3)nc(-c3cccc(-c4cccc(-c5cccc(-c6cccc7c6-c6ccccc6C76c7ccccc7-c7ccccc76)c5)c4)c3)n2)cc1. The largest absolute Gasteiger partial charge is 0.256 e. The van der Waals surface area contributed by atoms with Crippen LogP contribution in [0.1, 0.15) is 47.2 Å². The molecule has 0 bridgehead atoms. The second-order valence-corrected chi connectivity index (χ2v) is 32.4. The monoisotopic (exact) mass is 1580 g/mol. The zero-order valence-corrected chi connectivity index (χ0v) is 68.1. The van der Waals surface area contributed by atoms with Gasteiger partial charge in [0.1, 0.15) is 0 Å². The Bertz CT molecular complexity index is 7450. The van der Waals surface area contributed by atoms with Gasteiger partial charge in [-0.3, -0.25) is 9.97 Å². The molecule has 0 saturated heterocycles. The quantitative estimate of drug-likeness (QED) is 0.106. The highest BCUT2D eigenvalue weighted by Gasteiger charge is 2.52. The van der Waals surface area contributed by atoms with Gasteiger partial charge in [-0.15, -0.1) is 0 Å². The number of fused-ring (bicyclic) bond motifs is 13. The zero-order chi connectivity index (χ0) is 82.7. The van der Waals surface area contributed by atoms with Gasteiger partial charge in [0.2, 0.25) is 0 Å². The number of pyridine rings is 2. The summed E-state index contributed by atoms with van der Waals surface area (Å²) in [6.07, 6.45) is 3.66. The van der Waals surface area contributed by atoms with Crippen molar-refractivity contribution in [1.29, 1.82) is 0 Å². The van der Waals surface area contributed by atoms with E-state index < -0.39 is 0 Å². The zero-order valence-electron chi connectivity index (χ0n) is 68.1. The lowest BCUT2D eigenvalue weighted by atomic mass is 9.70. The number of hydrogen-bond acceptors (Lipinski definition) is 8. The molecule has 4 aromatic heterocycles. The molecule has 0 atom stereocenters. The molecule has 0 unspecified atom stereocenters. The van der Waals surface area contributed by atoms with E-state index in [1.807, 2.05) is 122 Å². The second kappa shape index (κ2) is 31.2. The second-order valence-electron chi connectivity index (χ2n) is 32.4. The highest BCUT2D eigenvalue weighted by atomic mass is 15.0. The minimum Gasteiger partial charge on any atom is -0.256 e. The van der Waals surface area contributed by atoms with E-state index in [-0.39, 0.29) is 10.8 Å². The highest BCUT2D eigenvalue weighted by Crippen LogP contribution is 2.64. The maximum absolute atomic E-state index is 5.09. The van der Waals surface area contributed by atoms with Crippen LogP contribution in [0.5, 0.6) is 0 Å². The molecule has 23 rings (SSSR count). The molecule has 8 nitrogen and oxygen atoms in total. The maximum atomic E-state index is 5.09. The van der Waals surface area contributed by atoms with E-state index in [4.69, 9.17) is 34.9 Å². The average molecular weight is 1580 g/mol. The van der Waals surface area contributed by atoms with Crippen molar-refractivity contribution in [3.05, 3.63) is 470 Å². The van der Waals surface area contributed by atoms with Gasteiger partial charge >= 0.3 is 0 Å². The Balaban J connectivity index is 0.000000149. The fourth-order valence-electron chi connectivity index (χ4n) is 18.9. The van der Waals surface area contributed by atoms with E-state index in [0.29, 0.717) is 34.9 Å². The summed E-state index contributed by atoms with van der Waals surface area (Å²) in [6, 6.07) is 151. The molecule has 8 heteroatoms. The Kier molecular flexibility index (Phi) is 18.7. The first-order valence-electron chi connectivity index (χ1n) is 42.2. The highest BCUT2D eigenvalue weighted by molar-refractivity contribution is 6.01. The Morgan fingerprint density at radius 2 is 0.444 bits per heavy atom. The molecule has 3 aliphatic carbocycles. The smallest absolute Gasteiger partial charge is 0.165 e. The molecule has 1 spiro atoms. The van der Waals surface area contributed by atoms with Gasteiger partial charge in [-0.05, 0) is 194 Å². The number of nitrogens with zero attached hydrogens (tertiary/aromatic N) is 8. The summed E-state index contributed by atoms with van der Waals surface area (Å²) < 4.78 is 0. The predicted octanol–water partition coefficient (Wildman–Crippen LogP) is 28.5. The van der Waals surface area contributed by atoms with Crippen LogP contribution >= 0.6 is 0 Å². The first-order chi connectivity index (χ1) is 61.2. The normalized spacial score (nSPS) is 12.6. The number of rotatable bonds is 14. The van der Waals surface area contributed by atoms with Gasteiger partial charge in [0.15, 0.2) is 34.9 Å². The van der Waals surface area contributed by atoms with Crippen LogP contribution < -0.4 is 0 Å². The molecule has 0 aliphatic heterocycles. The summed E-state index contributed by atoms with van der Waals surface area (Å²) in [7, 11) is 0. The Morgan fingerprint density at radius 1 is 0.169 bits per heavy atom. The fourth-order valence-corrected chi connectivity index (χ4v) is 18.9. The minimum absolute atomic E-state index is 0.0419. The first kappa shape index (κ1) is 74.2. The van der Waals surface area contributed by atoms with Gasteiger partial charge in [-0.1, -0.05) is 378 Å². The predicted molar refractivity (Wildman–Crippen MR) is 505 cm³/mol. The lowest BCUT2D eigenvalue weighted by Gasteiger charge is -2.30. The van der Waals surface area contributed by atoms with E-state index in [1.165, 1.54) is 94.6 Å². The molecule has 20 aromatic rings. The molecule has 4 heterocycles. The number of aromatic nitrogens is 8. The maximum Gasteiger partial charge on any atom is 0.165 e. The van der Waals surface area contributed by atoms with Crippen molar-refractivity contribution in [2.75, 3.05) is 0 Å². The third-order valence-corrected chi connectivity index (χ3v) is 24.8. The molecule has 124 heavy (non-hydrogen) atoms. The lowest BCUT2D eigenvalue weighted by molar-refractivity contribution is 0.660. The van der Waals surface area contributed by atoms with Gasteiger partial charge in [0, 0.05) is 62.3 Å². The summed E-state index contributed by atoms with van der Waals surface area (Å²) in [5, 5.41) is 0. The van der Waals surface area contributed by atoms with Crippen LogP contribution in [0.2, 0.25) is 0 Å². The Morgan fingerprint density at radius 3 is 0.887 bits per heavy atom. The van der Waals surface area contributed by atoms with Gasteiger partial charge < -0.3 is 0 Å². The Hall–Kier alpha value is -16.2. The van der Waals surface area contributed by atoms with Crippen LogP contribution in [0.3, 0.4) is 0 Å². The van der Waals surface area contributed by atoms with Crippen molar-refractivity contribution in [1.82, 2.24) is 39.9 Å². The molecule has 0 N–H and O–H groups in total. The Labute approximate surface area is 721 Å². The number of hydrogen-bond donors (Lipinski definition) is 0. The van der Waals surface area contributed by atoms with Crippen molar-refractivity contribution in [3.63, 3.8) is 0 Å². The van der Waals surface area contributed by atoms with Crippen LogP contribution in [-0.4, -0.2) is 39.9 Å². The molecule has 3 aliphatic rings. The van der Waals surface area contributed by atoms with Gasteiger partial charge in [-0.2, -0.15) is 0 Å². The first-order valence-corrected chi connectivity index (χ1v) is 42.2. The molecule has 0 amide bonds. The standard InChI is InChI=1S/C63H40N4.C53H38N4/c1-2-16-42(17-3-1)60-65-61(43-35-33-41(34-36-43)58-32-10-11-37-64-58)67-62(66-60)49-23-14-21-47(40-49)45-19-12-18-44(38-45)46-20-13-22-48(39-46)50-27-15-31-57-59(50)53-26-6-9-30-56(53)63(57)54-28-7-4-24-51(54)52-25-5-8-29-55(52)63;1-53(2)46-27-10-9-25-45(46)49-44(26-14-28-47(49)53)41-23-12-21-39(32-41)37-19-11-20-38(31-37)40-22-13-24-42(33-40)51-55-50(36-17-7-4-8-18-36)56-52(57-51)43-29-30-48(54-34-43)35-15-5-3-6-16-35/h1-40H;3-34H,1-2H3. The van der Waals surface area contributed by atoms with Crippen LogP contribution in [-0.2, 0) is 10.8 Å². The summed E-state index contributed by atoms with van der Waals surface area (Å²) >= 11 is 0. The van der Waals surface area contributed by atoms with Crippen molar-refractivity contribution in [3.8, 4) is 191 Å².